The molecule has 0 bridgehead atoms. The van der Waals surface area contributed by atoms with Gasteiger partial charge in [0.05, 0.1) is 6.21 Å². The van der Waals surface area contributed by atoms with Crippen LogP contribution in [0.5, 0.6) is 11.5 Å². The van der Waals surface area contributed by atoms with Crippen LogP contribution in [0.3, 0.4) is 0 Å². The van der Waals surface area contributed by atoms with E-state index >= 15 is 0 Å². The minimum Gasteiger partial charge on any atom is -0.489 e. The molecule has 6 nitrogen and oxygen atoms in total. The van der Waals surface area contributed by atoms with Crippen LogP contribution >= 0.6 is 15.9 Å². The lowest BCUT2D eigenvalue weighted by Crippen LogP contribution is -2.33. The lowest BCUT2D eigenvalue weighted by atomic mass is 10.2. The number of aromatic amines is 1. The van der Waals surface area contributed by atoms with Gasteiger partial charge < -0.3 is 14.5 Å². The standard InChI is InChI=1S/C25H22BrN3O3/c1-17(25(30)29-28-15-19-14-27-24-12-7-20(26)13-23(19)24)32-22-10-8-21(9-11-22)31-16-18-5-3-2-4-6-18/h2-15,17,27H,16H2,1H3,(H,29,30)/b28-15+. The SMILES string of the molecule is CC(Oc1ccc(OCc2ccccc2)cc1)C(=O)N/N=C/c1c[nH]c2ccc(Br)cc12. The Morgan fingerprint density at radius 2 is 1.84 bits per heavy atom. The number of hydrogen-bond acceptors (Lipinski definition) is 4. The number of rotatable bonds is 8. The molecule has 3 aromatic carbocycles. The van der Waals surface area contributed by atoms with Gasteiger partial charge in [-0.25, -0.2) is 5.43 Å². The highest BCUT2D eigenvalue weighted by atomic mass is 79.9. The first kappa shape index (κ1) is 21.6. The highest BCUT2D eigenvalue weighted by molar-refractivity contribution is 9.10. The van der Waals surface area contributed by atoms with Gasteiger partial charge in [0.25, 0.3) is 5.91 Å². The lowest BCUT2D eigenvalue weighted by molar-refractivity contribution is -0.127. The largest absolute Gasteiger partial charge is 0.489 e. The van der Waals surface area contributed by atoms with Crippen LogP contribution in [0.4, 0.5) is 0 Å². The fourth-order valence-electron chi connectivity index (χ4n) is 3.09. The van der Waals surface area contributed by atoms with Gasteiger partial charge in [-0.2, -0.15) is 5.10 Å². The molecule has 1 unspecified atom stereocenters. The first-order valence-electron chi connectivity index (χ1n) is 10.1. The highest BCUT2D eigenvalue weighted by Gasteiger charge is 2.14. The summed E-state index contributed by atoms with van der Waals surface area (Å²) < 4.78 is 12.5. The van der Waals surface area contributed by atoms with Crippen LogP contribution in [0.2, 0.25) is 0 Å². The quantitative estimate of drug-likeness (QED) is 0.255. The average Bonchev–Trinajstić information content (AvgIpc) is 3.21. The van der Waals surface area contributed by atoms with Crippen molar-refractivity contribution < 1.29 is 14.3 Å². The molecule has 1 heterocycles. The van der Waals surface area contributed by atoms with E-state index in [9.17, 15) is 4.79 Å². The zero-order valence-electron chi connectivity index (χ0n) is 17.4. The van der Waals surface area contributed by atoms with Gasteiger partial charge in [-0.05, 0) is 55.0 Å². The van der Waals surface area contributed by atoms with Crippen molar-refractivity contribution in [1.82, 2.24) is 10.4 Å². The van der Waals surface area contributed by atoms with Crippen LogP contribution in [0.25, 0.3) is 10.9 Å². The van der Waals surface area contributed by atoms with Crippen LogP contribution in [0.1, 0.15) is 18.1 Å². The lowest BCUT2D eigenvalue weighted by Gasteiger charge is -2.13. The maximum Gasteiger partial charge on any atom is 0.280 e. The molecule has 0 aliphatic heterocycles. The van der Waals surface area contributed by atoms with Crippen molar-refractivity contribution in [2.75, 3.05) is 0 Å². The Hall–Kier alpha value is -3.58. The molecule has 1 atom stereocenters. The molecule has 7 heteroatoms. The van der Waals surface area contributed by atoms with Crippen LogP contribution in [-0.2, 0) is 11.4 Å². The molecular formula is C25H22BrN3O3. The van der Waals surface area contributed by atoms with E-state index in [0.29, 0.717) is 12.4 Å². The summed E-state index contributed by atoms with van der Waals surface area (Å²) in [7, 11) is 0. The molecule has 0 spiro atoms. The van der Waals surface area contributed by atoms with E-state index in [1.54, 1.807) is 25.3 Å². The average molecular weight is 492 g/mol. The van der Waals surface area contributed by atoms with E-state index in [-0.39, 0.29) is 5.91 Å². The molecule has 0 radical (unpaired) electrons. The van der Waals surface area contributed by atoms with Crippen LogP contribution < -0.4 is 14.9 Å². The molecule has 0 saturated carbocycles. The molecule has 1 aromatic heterocycles. The minimum absolute atomic E-state index is 0.341. The number of nitrogens with one attached hydrogen (secondary N) is 2. The van der Waals surface area contributed by atoms with Gasteiger partial charge in [0.1, 0.15) is 18.1 Å². The van der Waals surface area contributed by atoms with E-state index in [1.807, 2.05) is 66.9 Å². The van der Waals surface area contributed by atoms with Crippen molar-refractivity contribution in [3.05, 3.63) is 94.6 Å². The zero-order valence-corrected chi connectivity index (χ0v) is 19.0. The Kier molecular flexibility index (Phi) is 6.87. The summed E-state index contributed by atoms with van der Waals surface area (Å²) in [4.78, 5) is 15.5. The third-order valence-electron chi connectivity index (χ3n) is 4.81. The summed E-state index contributed by atoms with van der Waals surface area (Å²) in [5.41, 5.74) is 5.49. The van der Waals surface area contributed by atoms with Gasteiger partial charge in [0.15, 0.2) is 6.10 Å². The predicted molar refractivity (Wildman–Crippen MR) is 129 cm³/mol. The van der Waals surface area contributed by atoms with Crippen molar-refractivity contribution in [2.45, 2.75) is 19.6 Å². The summed E-state index contributed by atoms with van der Waals surface area (Å²) in [6.45, 7) is 2.17. The third kappa shape index (κ3) is 5.56. The number of nitrogens with zero attached hydrogens (tertiary/aromatic N) is 1. The highest BCUT2D eigenvalue weighted by Crippen LogP contribution is 2.22. The van der Waals surface area contributed by atoms with Gasteiger partial charge in [-0.15, -0.1) is 0 Å². The van der Waals surface area contributed by atoms with E-state index in [1.165, 1.54) is 0 Å². The van der Waals surface area contributed by atoms with Gasteiger partial charge in [-0.3, -0.25) is 4.79 Å². The van der Waals surface area contributed by atoms with E-state index in [2.05, 4.69) is 31.4 Å². The molecule has 162 valence electrons. The predicted octanol–water partition coefficient (Wildman–Crippen LogP) is 5.43. The molecule has 1 amide bonds. The number of H-pyrrole nitrogens is 1. The number of aromatic nitrogens is 1. The Balaban J connectivity index is 1.28. The van der Waals surface area contributed by atoms with Crippen molar-refractivity contribution in [2.24, 2.45) is 5.10 Å². The maximum absolute atomic E-state index is 12.3. The van der Waals surface area contributed by atoms with E-state index in [0.717, 1.165) is 32.3 Å². The van der Waals surface area contributed by atoms with Gasteiger partial charge in [-0.1, -0.05) is 46.3 Å². The molecule has 4 aromatic rings. The van der Waals surface area contributed by atoms with Crippen molar-refractivity contribution in [3.8, 4) is 11.5 Å². The summed E-state index contributed by atoms with van der Waals surface area (Å²) in [5, 5.41) is 5.07. The van der Waals surface area contributed by atoms with E-state index in [4.69, 9.17) is 9.47 Å². The summed E-state index contributed by atoms with van der Waals surface area (Å²) >= 11 is 3.46. The number of hydrazone groups is 1. The first-order valence-corrected chi connectivity index (χ1v) is 10.9. The molecule has 0 aliphatic rings. The summed E-state index contributed by atoms with van der Waals surface area (Å²) in [6, 6.07) is 23.1. The van der Waals surface area contributed by atoms with E-state index < -0.39 is 6.10 Å². The number of benzene rings is 3. The number of carbonyl (C=O) groups excluding carboxylic acids is 1. The Labute approximate surface area is 194 Å². The molecule has 0 fully saturated rings. The topological polar surface area (TPSA) is 75.7 Å². The summed E-state index contributed by atoms with van der Waals surface area (Å²) in [6.07, 6.45) is 2.74. The fraction of sp³-hybridized carbons (Fsp3) is 0.120. The molecular weight excluding hydrogens is 470 g/mol. The van der Waals surface area contributed by atoms with Crippen molar-refractivity contribution in [3.63, 3.8) is 0 Å². The second kappa shape index (κ2) is 10.2. The summed E-state index contributed by atoms with van der Waals surface area (Å²) in [5.74, 6) is 0.963. The molecule has 2 N–H and O–H groups in total. The number of halogens is 1. The Morgan fingerprint density at radius 3 is 2.62 bits per heavy atom. The normalized spacial score (nSPS) is 12.1. The van der Waals surface area contributed by atoms with Crippen LogP contribution in [0.15, 0.2) is 88.6 Å². The Bertz CT molecular complexity index is 1220. The molecule has 0 aliphatic carbocycles. The van der Waals surface area contributed by atoms with Gasteiger partial charge in [0.2, 0.25) is 0 Å². The number of hydrogen-bond donors (Lipinski definition) is 2. The monoisotopic (exact) mass is 491 g/mol. The molecule has 0 saturated heterocycles. The number of amides is 1. The molecule has 32 heavy (non-hydrogen) atoms. The van der Waals surface area contributed by atoms with Crippen LogP contribution in [-0.4, -0.2) is 23.2 Å². The second-order valence-corrected chi connectivity index (χ2v) is 8.09. The minimum atomic E-state index is -0.708. The number of ether oxygens (including phenoxy) is 2. The molecule has 4 rings (SSSR count). The number of fused-ring (bicyclic) bond motifs is 1. The second-order valence-electron chi connectivity index (χ2n) is 7.17. The van der Waals surface area contributed by atoms with Crippen molar-refractivity contribution in [1.29, 1.82) is 0 Å². The van der Waals surface area contributed by atoms with Gasteiger partial charge in [0, 0.05) is 27.1 Å². The van der Waals surface area contributed by atoms with Gasteiger partial charge >= 0.3 is 0 Å². The smallest absolute Gasteiger partial charge is 0.280 e. The Morgan fingerprint density at radius 1 is 1.09 bits per heavy atom. The first-order chi connectivity index (χ1) is 15.6. The van der Waals surface area contributed by atoms with Crippen LogP contribution in [0, 0.1) is 0 Å². The maximum atomic E-state index is 12.3. The number of carbonyl (C=O) groups is 1. The zero-order chi connectivity index (χ0) is 22.3. The fourth-order valence-corrected chi connectivity index (χ4v) is 3.45. The van der Waals surface area contributed by atoms with Crippen molar-refractivity contribution >= 4 is 39.0 Å². The third-order valence-corrected chi connectivity index (χ3v) is 5.30.